The summed E-state index contributed by atoms with van der Waals surface area (Å²) in [7, 11) is 0. The molecule has 8 nitrogen and oxygen atoms in total. The predicted octanol–water partition coefficient (Wildman–Crippen LogP) is 0.578. The van der Waals surface area contributed by atoms with E-state index in [4.69, 9.17) is 4.42 Å². The molecule has 0 saturated heterocycles. The Morgan fingerprint density at radius 1 is 1.26 bits per heavy atom. The maximum Gasteiger partial charge on any atom is 0.278 e. The Kier molecular flexibility index (Phi) is 8.41. The summed E-state index contributed by atoms with van der Waals surface area (Å²) in [5.41, 5.74) is 0. The first kappa shape index (κ1) is 21.0. The number of nitrogens with one attached hydrogen (secondary N) is 2. The third-order valence-corrected chi connectivity index (χ3v) is 4.91. The number of aromatic nitrogens is 2. The number of likely N-dealkylation sites (N-methyl/N-ethyl adjacent to an activating group) is 2. The number of thiophene rings is 1. The minimum absolute atomic E-state index is 0.0196. The van der Waals surface area contributed by atoms with Crippen molar-refractivity contribution < 1.29 is 18.9 Å². The van der Waals surface area contributed by atoms with Crippen molar-refractivity contribution in [3.63, 3.8) is 0 Å². The highest BCUT2D eigenvalue weighted by atomic mass is 32.1. The normalized spacial score (nSPS) is 12.0. The maximum atomic E-state index is 12.8. The molecule has 1 atom stereocenters. The highest BCUT2D eigenvalue weighted by Crippen LogP contribution is 2.23. The Labute approximate surface area is 163 Å². The molecule has 1 unspecified atom stereocenters. The first-order chi connectivity index (χ1) is 13.1. The number of rotatable bonds is 11. The summed E-state index contributed by atoms with van der Waals surface area (Å²) in [6, 6.07) is 3.84. The molecule has 2 heterocycles. The molecule has 2 aromatic rings. The fraction of sp³-hybridized carbons (Fsp3) is 0.556. The van der Waals surface area contributed by atoms with Crippen molar-refractivity contribution in [1.82, 2.24) is 20.4 Å². The van der Waals surface area contributed by atoms with Gasteiger partial charge in [0.05, 0.1) is 18.0 Å². The standard InChI is InChI=1S/C18H27N5O3S/c1-4-9-23(17(25)13-22(6-3)11-15(24)19-5-2)12-16-20-21-18(26-16)14-8-7-10-27-14/h7-8,10H,4-6,9,11-13H2,1-3H3,(H,19,24)/p+1. The third-order valence-electron chi connectivity index (χ3n) is 4.06. The summed E-state index contributed by atoms with van der Waals surface area (Å²) < 4.78 is 5.71. The number of hydrogen-bond acceptors (Lipinski definition) is 6. The molecule has 2 rings (SSSR count). The zero-order valence-corrected chi connectivity index (χ0v) is 17.0. The lowest BCUT2D eigenvalue weighted by Crippen LogP contribution is -3.14. The van der Waals surface area contributed by atoms with E-state index >= 15 is 0 Å². The Morgan fingerprint density at radius 3 is 2.70 bits per heavy atom. The summed E-state index contributed by atoms with van der Waals surface area (Å²) in [6.45, 7) is 8.60. The van der Waals surface area contributed by atoms with E-state index in [1.807, 2.05) is 38.3 Å². The van der Waals surface area contributed by atoms with Crippen molar-refractivity contribution in [2.45, 2.75) is 33.7 Å². The van der Waals surface area contributed by atoms with Crippen LogP contribution in [0, 0.1) is 0 Å². The molecule has 2 N–H and O–H groups in total. The number of hydrogen-bond donors (Lipinski definition) is 2. The molecule has 0 aliphatic rings. The van der Waals surface area contributed by atoms with Crippen LogP contribution in [0.1, 0.15) is 33.1 Å². The van der Waals surface area contributed by atoms with Gasteiger partial charge in [0.15, 0.2) is 13.1 Å². The van der Waals surface area contributed by atoms with Crippen molar-refractivity contribution >= 4 is 23.2 Å². The van der Waals surface area contributed by atoms with Gasteiger partial charge in [0.2, 0.25) is 5.89 Å². The quantitative estimate of drug-likeness (QED) is 0.582. The summed E-state index contributed by atoms with van der Waals surface area (Å²) in [6.07, 6.45) is 0.829. The lowest BCUT2D eigenvalue weighted by atomic mass is 10.3. The molecule has 148 valence electrons. The maximum absolute atomic E-state index is 12.8. The van der Waals surface area contributed by atoms with Gasteiger partial charge in [-0.2, -0.15) is 0 Å². The van der Waals surface area contributed by atoms with Crippen LogP contribution in [-0.2, 0) is 16.1 Å². The van der Waals surface area contributed by atoms with E-state index in [-0.39, 0.29) is 24.9 Å². The fourth-order valence-electron chi connectivity index (χ4n) is 2.67. The lowest BCUT2D eigenvalue weighted by Gasteiger charge is -2.23. The summed E-state index contributed by atoms with van der Waals surface area (Å²) in [5.74, 6) is 0.832. The van der Waals surface area contributed by atoms with Gasteiger partial charge in [0.1, 0.15) is 0 Å². The Morgan fingerprint density at radius 2 is 2.07 bits per heavy atom. The average molecular weight is 395 g/mol. The van der Waals surface area contributed by atoms with Crippen molar-refractivity contribution in [1.29, 1.82) is 0 Å². The largest absolute Gasteiger partial charge is 0.418 e. The SMILES string of the molecule is CCCN(Cc1nnc(-c2cccs2)o1)C(=O)C[NH+](CC)CC(=O)NCC. The van der Waals surface area contributed by atoms with Crippen LogP contribution in [0.15, 0.2) is 21.9 Å². The Balaban J connectivity index is 1.98. The Hall–Kier alpha value is -2.26. The molecule has 0 fully saturated rings. The number of carbonyl (C=O) groups is 2. The average Bonchev–Trinajstić information content (AvgIpc) is 3.32. The number of carbonyl (C=O) groups excluding carboxylic acids is 2. The first-order valence-corrected chi connectivity index (χ1v) is 10.2. The van der Waals surface area contributed by atoms with Crippen LogP contribution < -0.4 is 10.2 Å². The van der Waals surface area contributed by atoms with E-state index in [0.29, 0.717) is 38.0 Å². The second kappa shape index (κ2) is 10.8. The number of nitrogens with zero attached hydrogens (tertiary/aromatic N) is 3. The third kappa shape index (κ3) is 6.44. The van der Waals surface area contributed by atoms with E-state index in [1.54, 1.807) is 4.90 Å². The zero-order valence-electron chi connectivity index (χ0n) is 16.2. The Bertz CT molecular complexity index is 716. The van der Waals surface area contributed by atoms with Crippen LogP contribution in [0.3, 0.4) is 0 Å². The summed E-state index contributed by atoms with van der Waals surface area (Å²) >= 11 is 1.53. The molecular weight excluding hydrogens is 366 g/mol. The molecule has 2 aromatic heterocycles. The molecule has 0 aliphatic heterocycles. The molecule has 0 aliphatic carbocycles. The second-order valence-corrected chi connectivity index (χ2v) is 7.15. The summed E-state index contributed by atoms with van der Waals surface area (Å²) in [4.78, 5) is 28.1. The van der Waals surface area contributed by atoms with Crippen molar-refractivity contribution in [2.75, 3.05) is 32.7 Å². The molecule has 0 bridgehead atoms. The van der Waals surface area contributed by atoms with Crippen LogP contribution in [0.2, 0.25) is 0 Å². The van der Waals surface area contributed by atoms with Gasteiger partial charge < -0.3 is 19.5 Å². The van der Waals surface area contributed by atoms with Gasteiger partial charge in [-0.15, -0.1) is 21.5 Å². The van der Waals surface area contributed by atoms with Crippen molar-refractivity contribution in [3.05, 3.63) is 23.4 Å². The second-order valence-electron chi connectivity index (χ2n) is 6.20. The van der Waals surface area contributed by atoms with Gasteiger partial charge in [-0.25, -0.2) is 0 Å². The fourth-order valence-corrected chi connectivity index (χ4v) is 3.31. The van der Waals surface area contributed by atoms with Gasteiger partial charge in [-0.1, -0.05) is 13.0 Å². The van der Waals surface area contributed by atoms with Gasteiger partial charge in [-0.3, -0.25) is 9.59 Å². The van der Waals surface area contributed by atoms with E-state index < -0.39 is 0 Å². The number of amides is 2. The van der Waals surface area contributed by atoms with Crippen LogP contribution in [-0.4, -0.2) is 59.6 Å². The molecule has 9 heteroatoms. The van der Waals surface area contributed by atoms with Crippen LogP contribution in [0.25, 0.3) is 10.8 Å². The van der Waals surface area contributed by atoms with Crippen LogP contribution >= 0.6 is 11.3 Å². The van der Waals surface area contributed by atoms with E-state index in [0.717, 1.165) is 16.2 Å². The molecule has 0 saturated carbocycles. The van der Waals surface area contributed by atoms with Crippen molar-refractivity contribution in [3.8, 4) is 10.8 Å². The molecule has 0 aromatic carbocycles. The lowest BCUT2D eigenvalue weighted by molar-refractivity contribution is -0.882. The molecular formula is C18H28N5O3S+. The predicted molar refractivity (Wildman–Crippen MR) is 103 cm³/mol. The minimum Gasteiger partial charge on any atom is -0.418 e. The smallest absolute Gasteiger partial charge is 0.278 e. The number of quaternary nitrogens is 1. The van der Waals surface area contributed by atoms with E-state index in [9.17, 15) is 9.59 Å². The van der Waals surface area contributed by atoms with Gasteiger partial charge in [0, 0.05) is 13.1 Å². The van der Waals surface area contributed by atoms with E-state index in [2.05, 4.69) is 15.5 Å². The highest BCUT2D eigenvalue weighted by Gasteiger charge is 2.23. The van der Waals surface area contributed by atoms with Crippen molar-refractivity contribution in [2.24, 2.45) is 0 Å². The zero-order chi connectivity index (χ0) is 19.6. The molecule has 27 heavy (non-hydrogen) atoms. The minimum atomic E-state index is -0.0401. The first-order valence-electron chi connectivity index (χ1n) is 9.31. The van der Waals surface area contributed by atoms with E-state index in [1.165, 1.54) is 11.3 Å². The van der Waals surface area contributed by atoms with Gasteiger partial charge in [-0.05, 0) is 31.7 Å². The van der Waals surface area contributed by atoms with Crippen LogP contribution in [0.5, 0.6) is 0 Å². The highest BCUT2D eigenvalue weighted by molar-refractivity contribution is 7.13. The monoisotopic (exact) mass is 394 g/mol. The van der Waals surface area contributed by atoms with Crippen LogP contribution in [0.4, 0.5) is 0 Å². The molecule has 2 amide bonds. The van der Waals surface area contributed by atoms with Gasteiger partial charge in [0.25, 0.3) is 17.7 Å². The molecule has 0 spiro atoms. The topological polar surface area (TPSA) is 92.8 Å². The molecule has 0 radical (unpaired) electrons. The summed E-state index contributed by atoms with van der Waals surface area (Å²) in [5, 5.41) is 12.9. The van der Waals surface area contributed by atoms with Gasteiger partial charge >= 0.3 is 0 Å².